The average molecular weight is 393 g/mol. The predicted molar refractivity (Wildman–Crippen MR) is 116 cm³/mol. The molecule has 3 heterocycles. The lowest BCUT2D eigenvalue weighted by atomic mass is 10.1. The fourth-order valence-corrected chi connectivity index (χ4v) is 3.95. The number of rotatable bonds is 7. The van der Waals surface area contributed by atoms with Gasteiger partial charge in [0.25, 0.3) is 0 Å². The fraction of sp³-hybridized carbons (Fsp3) is 0.450. The maximum absolute atomic E-state index is 7.33. The quantitative estimate of drug-likeness (QED) is 0.161. The normalized spacial score (nSPS) is 15.7. The molecule has 29 heavy (non-hydrogen) atoms. The topological polar surface area (TPSA) is 117 Å². The first-order valence-electron chi connectivity index (χ1n) is 10.1. The molecule has 4 N–H and O–H groups in total. The van der Waals surface area contributed by atoms with E-state index >= 15 is 0 Å². The van der Waals surface area contributed by atoms with Gasteiger partial charge in [0.15, 0.2) is 5.84 Å². The zero-order valence-corrected chi connectivity index (χ0v) is 16.7. The number of nitrogens with zero attached hydrogens (tertiary/aromatic N) is 5. The molecular formula is C20H27N9. The van der Waals surface area contributed by atoms with Gasteiger partial charge in [0.05, 0.1) is 5.39 Å². The van der Waals surface area contributed by atoms with Crippen LogP contribution in [0.2, 0.25) is 0 Å². The number of hydrogen-bond acceptors (Lipinski definition) is 7. The van der Waals surface area contributed by atoms with Gasteiger partial charge in [-0.1, -0.05) is 18.6 Å². The maximum atomic E-state index is 7.33. The first kappa shape index (κ1) is 19.3. The summed E-state index contributed by atoms with van der Waals surface area (Å²) in [6.45, 7) is 4.46. The Bertz CT molecular complexity index is 1020. The molecule has 1 fully saturated rings. The van der Waals surface area contributed by atoms with Gasteiger partial charge in [-0.25, -0.2) is 15.5 Å². The molecule has 1 saturated heterocycles. The van der Waals surface area contributed by atoms with Gasteiger partial charge in [0.2, 0.25) is 0 Å². The molecule has 0 saturated carbocycles. The minimum atomic E-state index is 0.329. The number of hydrogen-bond donors (Lipinski definition) is 4. The van der Waals surface area contributed by atoms with Crippen molar-refractivity contribution in [2.45, 2.75) is 25.7 Å². The predicted octanol–water partition coefficient (Wildman–Crippen LogP) is 3.31. The summed E-state index contributed by atoms with van der Waals surface area (Å²) in [4.78, 5) is 14.8. The Morgan fingerprint density at radius 1 is 1.24 bits per heavy atom. The molecule has 0 bridgehead atoms. The summed E-state index contributed by atoms with van der Waals surface area (Å²) in [6.07, 6.45) is 6.69. The molecule has 2 aromatic heterocycles. The Morgan fingerprint density at radius 3 is 2.90 bits per heavy atom. The largest absolute Gasteiger partial charge is 0.369 e. The zero-order valence-electron chi connectivity index (χ0n) is 16.7. The molecule has 0 atom stereocenters. The molecule has 4 rings (SSSR count). The van der Waals surface area contributed by atoms with E-state index < -0.39 is 0 Å². The Labute approximate surface area is 169 Å². The Morgan fingerprint density at radius 2 is 2.10 bits per heavy atom. The first-order chi connectivity index (χ1) is 14.3. The SMILES string of the molecule is CN/N=C(\N=N)c1ccc2c(c1)[nH]c1ncnc(NCCCN3CCCCC3)c12. The van der Waals surface area contributed by atoms with E-state index in [1.165, 1.54) is 32.4 Å². The Balaban J connectivity index is 1.53. The molecular weight excluding hydrogens is 366 g/mol. The number of hydrazone groups is 1. The van der Waals surface area contributed by atoms with Crippen molar-refractivity contribution in [3.63, 3.8) is 0 Å². The van der Waals surface area contributed by atoms with Gasteiger partial charge in [0.1, 0.15) is 17.8 Å². The molecule has 0 unspecified atom stereocenters. The van der Waals surface area contributed by atoms with Crippen molar-refractivity contribution in [3.8, 4) is 0 Å². The highest BCUT2D eigenvalue weighted by Gasteiger charge is 2.13. The third-order valence-electron chi connectivity index (χ3n) is 5.36. The second-order valence-electron chi connectivity index (χ2n) is 7.28. The second kappa shape index (κ2) is 8.95. The number of nitrogens with one attached hydrogen (secondary N) is 4. The first-order valence-corrected chi connectivity index (χ1v) is 10.1. The van der Waals surface area contributed by atoms with Crippen molar-refractivity contribution >= 4 is 33.6 Å². The van der Waals surface area contributed by atoms with Crippen LogP contribution in [-0.2, 0) is 0 Å². The third kappa shape index (κ3) is 4.19. The standard InChI is InChI=1S/C20H27N9/c1-22-28-18(27-21)14-6-7-15-16(12-14)26-20-17(15)19(24-13-25-20)23-8-5-11-29-9-3-2-4-10-29/h6-7,12-13,21-22H,2-5,8-11H2,1H3,(H2,23,24,25,26)/b27-21?,28-18-. The van der Waals surface area contributed by atoms with Crippen molar-refractivity contribution in [1.29, 1.82) is 5.53 Å². The van der Waals surface area contributed by atoms with E-state index in [1.807, 2.05) is 18.2 Å². The summed E-state index contributed by atoms with van der Waals surface area (Å²) >= 11 is 0. The molecule has 9 nitrogen and oxygen atoms in total. The number of aromatic amines is 1. The minimum Gasteiger partial charge on any atom is -0.369 e. The van der Waals surface area contributed by atoms with Crippen LogP contribution >= 0.6 is 0 Å². The van der Waals surface area contributed by atoms with E-state index in [0.29, 0.717) is 5.84 Å². The third-order valence-corrected chi connectivity index (χ3v) is 5.36. The summed E-state index contributed by atoms with van der Waals surface area (Å²) in [6, 6.07) is 5.85. The van der Waals surface area contributed by atoms with Gasteiger partial charge < -0.3 is 20.6 Å². The van der Waals surface area contributed by atoms with E-state index in [-0.39, 0.29) is 0 Å². The van der Waals surface area contributed by atoms with Crippen LogP contribution in [0.25, 0.3) is 21.9 Å². The van der Waals surface area contributed by atoms with Gasteiger partial charge in [-0.3, -0.25) is 0 Å². The number of amidine groups is 1. The molecule has 0 spiro atoms. The second-order valence-corrected chi connectivity index (χ2v) is 7.28. The van der Waals surface area contributed by atoms with Gasteiger partial charge in [0, 0.05) is 30.1 Å². The molecule has 1 aliphatic rings. The van der Waals surface area contributed by atoms with Crippen molar-refractivity contribution in [1.82, 2.24) is 25.3 Å². The van der Waals surface area contributed by atoms with E-state index in [4.69, 9.17) is 5.53 Å². The van der Waals surface area contributed by atoms with Crippen LogP contribution in [0.4, 0.5) is 5.82 Å². The van der Waals surface area contributed by atoms with Crippen LogP contribution in [0.3, 0.4) is 0 Å². The summed E-state index contributed by atoms with van der Waals surface area (Å²) in [5.41, 5.74) is 12.5. The number of anilines is 1. The lowest BCUT2D eigenvalue weighted by Crippen LogP contribution is -2.31. The smallest absolute Gasteiger partial charge is 0.200 e. The number of fused-ring (bicyclic) bond motifs is 3. The molecule has 1 aliphatic heterocycles. The van der Waals surface area contributed by atoms with Crippen LogP contribution in [0, 0.1) is 5.53 Å². The maximum Gasteiger partial charge on any atom is 0.200 e. The number of piperidine rings is 1. The summed E-state index contributed by atoms with van der Waals surface area (Å²) in [5, 5.41) is 13.0. The fourth-order valence-electron chi connectivity index (χ4n) is 3.95. The molecule has 9 heteroatoms. The summed E-state index contributed by atoms with van der Waals surface area (Å²) < 4.78 is 0. The van der Waals surface area contributed by atoms with Gasteiger partial charge >= 0.3 is 0 Å². The van der Waals surface area contributed by atoms with Crippen LogP contribution in [0.15, 0.2) is 34.7 Å². The Kier molecular flexibility index (Phi) is 5.95. The number of H-pyrrole nitrogens is 1. The molecule has 152 valence electrons. The van der Waals surface area contributed by atoms with E-state index in [1.54, 1.807) is 13.4 Å². The number of likely N-dealkylation sites (tertiary alicyclic amines) is 1. The molecule has 0 aliphatic carbocycles. The van der Waals surface area contributed by atoms with E-state index in [9.17, 15) is 0 Å². The molecule has 1 aromatic carbocycles. The van der Waals surface area contributed by atoms with Crippen molar-refractivity contribution in [2.24, 2.45) is 10.2 Å². The number of aromatic nitrogens is 3. The van der Waals surface area contributed by atoms with Crippen molar-refractivity contribution < 1.29 is 0 Å². The average Bonchev–Trinajstić information content (AvgIpc) is 3.14. The summed E-state index contributed by atoms with van der Waals surface area (Å²) in [5.74, 6) is 1.18. The molecule has 0 radical (unpaired) electrons. The van der Waals surface area contributed by atoms with Gasteiger partial charge in [-0.05, 0) is 45.0 Å². The van der Waals surface area contributed by atoms with Crippen LogP contribution in [-0.4, -0.2) is 58.9 Å². The highest BCUT2D eigenvalue weighted by atomic mass is 15.3. The van der Waals surface area contributed by atoms with E-state index in [2.05, 4.69) is 40.8 Å². The van der Waals surface area contributed by atoms with Crippen LogP contribution < -0.4 is 10.7 Å². The van der Waals surface area contributed by atoms with Crippen molar-refractivity contribution in [2.75, 3.05) is 38.5 Å². The highest BCUT2D eigenvalue weighted by molar-refractivity contribution is 6.13. The highest BCUT2D eigenvalue weighted by Crippen LogP contribution is 2.29. The monoisotopic (exact) mass is 393 g/mol. The van der Waals surface area contributed by atoms with Crippen LogP contribution in [0.1, 0.15) is 31.2 Å². The lowest BCUT2D eigenvalue weighted by molar-refractivity contribution is 0.228. The van der Waals surface area contributed by atoms with Crippen LogP contribution in [0.5, 0.6) is 0 Å². The zero-order chi connectivity index (χ0) is 20.1. The minimum absolute atomic E-state index is 0.329. The van der Waals surface area contributed by atoms with Crippen molar-refractivity contribution in [3.05, 3.63) is 30.1 Å². The molecule has 3 aromatic rings. The van der Waals surface area contributed by atoms with Gasteiger partial charge in [-0.15, -0.1) is 5.11 Å². The Hall–Kier alpha value is -3.07. The van der Waals surface area contributed by atoms with Gasteiger partial charge in [-0.2, -0.15) is 5.10 Å². The number of benzene rings is 1. The van der Waals surface area contributed by atoms with E-state index in [0.717, 1.165) is 52.8 Å². The molecule has 0 amide bonds. The lowest BCUT2D eigenvalue weighted by Gasteiger charge is -2.26. The summed E-state index contributed by atoms with van der Waals surface area (Å²) in [7, 11) is 1.69.